The Morgan fingerprint density at radius 2 is 2.16 bits per heavy atom. The highest BCUT2D eigenvalue weighted by Crippen LogP contribution is 2.31. The quantitative estimate of drug-likeness (QED) is 0.762. The summed E-state index contributed by atoms with van der Waals surface area (Å²) in [5.74, 6) is 0.246. The van der Waals surface area contributed by atoms with Crippen LogP contribution in [-0.4, -0.2) is 25.7 Å². The molecule has 0 aliphatic carbocycles. The number of carbonyl (C=O) groups excluding carboxylic acids is 1. The van der Waals surface area contributed by atoms with Crippen LogP contribution in [0.25, 0.3) is 0 Å². The highest BCUT2D eigenvalue weighted by Gasteiger charge is 2.27. The van der Waals surface area contributed by atoms with Crippen molar-refractivity contribution in [1.82, 2.24) is 0 Å². The SMILES string of the molecule is COCCCCC(=O)N1c2ccccc2CC[C@@H]1C. The van der Waals surface area contributed by atoms with Crippen LogP contribution in [0.3, 0.4) is 0 Å². The molecule has 1 atom stereocenters. The van der Waals surface area contributed by atoms with Crippen molar-refractivity contribution < 1.29 is 9.53 Å². The van der Waals surface area contributed by atoms with Crippen LogP contribution in [0.15, 0.2) is 24.3 Å². The molecule has 19 heavy (non-hydrogen) atoms. The van der Waals surface area contributed by atoms with Gasteiger partial charge in [0.15, 0.2) is 0 Å². The number of carbonyl (C=O) groups is 1. The molecule has 3 nitrogen and oxygen atoms in total. The Balaban J connectivity index is 2.04. The third kappa shape index (κ3) is 3.35. The van der Waals surface area contributed by atoms with E-state index in [4.69, 9.17) is 4.74 Å². The fourth-order valence-corrected chi connectivity index (χ4v) is 2.71. The molecule has 0 saturated carbocycles. The maximum Gasteiger partial charge on any atom is 0.227 e. The van der Waals surface area contributed by atoms with Gasteiger partial charge in [0.1, 0.15) is 0 Å². The summed E-state index contributed by atoms with van der Waals surface area (Å²) < 4.78 is 5.02. The zero-order chi connectivity index (χ0) is 13.7. The van der Waals surface area contributed by atoms with E-state index in [9.17, 15) is 4.79 Å². The fraction of sp³-hybridized carbons (Fsp3) is 0.562. The van der Waals surface area contributed by atoms with Crippen LogP contribution >= 0.6 is 0 Å². The van der Waals surface area contributed by atoms with Crippen molar-refractivity contribution in [2.24, 2.45) is 0 Å². The minimum Gasteiger partial charge on any atom is -0.385 e. The van der Waals surface area contributed by atoms with Crippen LogP contribution in [0.1, 0.15) is 38.2 Å². The van der Waals surface area contributed by atoms with E-state index < -0.39 is 0 Å². The summed E-state index contributed by atoms with van der Waals surface area (Å²) in [7, 11) is 1.70. The summed E-state index contributed by atoms with van der Waals surface area (Å²) in [6.07, 6.45) is 4.60. The highest BCUT2D eigenvalue weighted by atomic mass is 16.5. The fourth-order valence-electron chi connectivity index (χ4n) is 2.71. The second kappa shape index (κ2) is 6.71. The zero-order valence-corrected chi connectivity index (χ0v) is 11.9. The number of benzene rings is 1. The highest BCUT2D eigenvalue weighted by molar-refractivity contribution is 5.95. The van der Waals surface area contributed by atoms with Gasteiger partial charge in [0.05, 0.1) is 0 Å². The van der Waals surface area contributed by atoms with Gasteiger partial charge in [-0.15, -0.1) is 0 Å². The second-order valence-corrected chi connectivity index (χ2v) is 5.23. The number of rotatable bonds is 5. The van der Waals surface area contributed by atoms with Crippen LogP contribution < -0.4 is 4.90 Å². The molecule has 1 heterocycles. The Morgan fingerprint density at radius 1 is 1.37 bits per heavy atom. The molecule has 1 aromatic carbocycles. The predicted molar refractivity (Wildman–Crippen MR) is 77.4 cm³/mol. The lowest BCUT2D eigenvalue weighted by atomic mass is 9.96. The van der Waals surface area contributed by atoms with E-state index in [-0.39, 0.29) is 5.91 Å². The number of para-hydroxylation sites is 1. The minimum atomic E-state index is 0.246. The number of fused-ring (bicyclic) bond motifs is 1. The lowest BCUT2D eigenvalue weighted by Gasteiger charge is -2.35. The van der Waals surface area contributed by atoms with Gasteiger partial charge in [0.2, 0.25) is 5.91 Å². The van der Waals surface area contributed by atoms with Crippen molar-refractivity contribution >= 4 is 11.6 Å². The number of methoxy groups -OCH3 is 1. The van der Waals surface area contributed by atoms with Gasteiger partial charge in [-0.2, -0.15) is 0 Å². The van der Waals surface area contributed by atoms with Crippen LogP contribution in [0.4, 0.5) is 5.69 Å². The average Bonchev–Trinajstić information content (AvgIpc) is 2.43. The summed E-state index contributed by atoms with van der Waals surface area (Å²) in [5, 5.41) is 0. The van der Waals surface area contributed by atoms with Gasteiger partial charge in [-0.3, -0.25) is 4.79 Å². The molecule has 0 spiro atoms. The van der Waals surface area contributed by atoms with Crippen LogP contribution in [-0.2, 0) is 16.0 Å². The number of ether oxygens (including phenoxy) is 1. The number of hydrogen-bond acceptors (Lipinski definition) is 2. The molecule has 0 saturated heterocycles. The van der Waals surface area contributed by atoms with E-state index >= 15 is 0 Å². The summed E-state index contributed by atoms with van der Waals surface area (Å²) >= 11 is 0. The third-order valence-electron chi connectivity index (χ3n) is 3.78. The monoisotopic (exact) mass is 261 g/mol. The number of amides is 1. The van der Waals surface area contributed by atoms with E-state index in [1.54, 1.807) is 7.11 Å². The van der Waals surface area contributed by atoms with Crippen molar-refractivity contribution in [1.29, 1.82) is 0 Å². The molecule has 0 unspecified atom stereocenters. The van der Waals surface area contributed by atoms with E-state index in [2.05, 4.69) is 25.1 Å². The number of nitrogens with zero attached hydrogens (tertiary/aromatic N) is 1. The largest absolute Gasteiger partial charge is 0.385 e. The van der Waals surface area contributed by atoms with E-state index in [1.807, 2.05) is 11.0 Å². The number of hydrogen-bond donors (Lipinski definition) is 0. The van der Waals surface area contributed by atoms with E-state index in [0.717, 1.165) is 38.0 Å². The molecule has 1 aromatic rings. The van der Waals surface area contributed by atoms with Crippen molar-refractivity contribution in [3.05, 3.63) is 29.8 Å². The zero-order valence-electron chi connectivity index (χ0n) is 11.9. The first-order chi connectivity index (χ1) is 9.24. The molecule has 0 bridgehead atoms. The normalized spacial score (nSPS) is 18.2. The first-order valence-electron chi connectivity index (χ1n) is 7.13. The third-order valence-corrected chi connectivity index (χ3v) is 3.78. The molecule has 0 N–H and O–H groups in total. The maximum atomic E-state index is 12.4. The van der Waals surface area contributed by atoms with Gasteiger partial charge in [0.25, 0.3) is 0 Å². The van der Waals surface area contributed by atoms with E-state index in [0.29, 0.717) is 12.5 Å². The molecule has 1 amide bonds. The van der Waals surface area contributed by atoms with Gasteiger partial charge in [-0.25, -0.2) is 0 Å². The first kappa shape index (κ1) is 14.1. The maximum absolute atomic E-state index is 12.4. The average molecular weight is 261 g/mol. The molecule has 104 valence electrons. The summed E-state index contributed by atoms with van der Waals surface area (Å²) in [6, 6.07) is 8.58. The topological polar surface area (TPSA) is 29.5 Å². The molecule has 0 fully saturated rings. The Labute approximate surface area is 115 Å². The molecular weight excluding hydrogens is 238 g/mol. The van der Waals surface area contributed by atoms with Crippen LogP contribution in [0.2, 0.25) is 0 Å². The van der Waals surface area contributed by atoms with Crippen molar-refractivity contribution in [2.45, 2.75) is 45.1 Å². The molecule has 2 rings (SSSR count). The summed E-state index contributed by atoms with van der Waals surface area (Å²) in [6.45, 7) is 2.88. The summed E-state index contributed by atoms with van der Waals surface area (Å²) in [5.41, 5.74) is 2.41. The number of anilines is 1. The standard InChI is InChI=1S/C16H23NO2/c1-13-10-11-14-7-3-4-8-15(14)17(13)16(18)9-5-6-12-19-2/h3-4,7-8,13H,5-6,9-12H2,1-2H3/t13-/m0/s1. The van der Waals surface area contributed by atoms with Gasteiger partial charge in [0, 0.05) is 31.9 Å². The first-order valence-corrected chi connectivity index (χ1v) is 7.13. The van der Waals surface area contributed by atoms with Crippen molar-refractivity contribution in [3.8, 4) is 0 Å². The second-order valence-electron chi connectivity index (χ2n) is 5.23. The van der Waals surface area contributed by atoms with Gasteiger partial charge >= 0.3 is 0 Å². The van der Waals surface area contributed by atoms with Crippen molar-refractivity contribution in [2.75, 3.05) is 18.6 Å². The summed E-state index contributed by atoms with van der Waals surface area (Å²) in [4.78, 5) is 14.4. The number of aryl methyl sites for hydroxylation is 1. The molecule has 0 radical (unpaired) electrons. The van der Waals surface area contributed by atoms with Crippen molar-refractivity contribution in [3.63, 3.8) is 0 Å². The lowest BCUT2D eigenvalue weighted by Crippen LogP contribution is -2.42. The molecule has 3 heteroatoms. The predicted octanol–water partition coefficient (Wildman–Crippen LogP) is 3.17. The Hall–Kier alpha value is -1.35. The number of unbranched alkanes of at least 4 members (excludes halogenated alkanes) is 1. The van der Waals surface area contributed by atoms with Crippen LogP contribution in [0, 0.1) is 0 Å². The lowest BCUT2D eigenvalue weighted by molar-refractivity contribution is -0.119. The van der Waals surface area contributed by atoms with Gasteiger partial charge in [-0.05, 0) is 44.2 Å². The molecule has 0 aromatic heterocycles. The minimum absolute atomic E-state index is 0.246. The van der Waals surface area contributed by atoms with Gasteiger partial charge < -0.3 is 9.64 Å². The molecule has 1 aliphatic rings. The Kier molecular flexibility index (Phi) is 4.97. The molecule has 1 aliphatic heterocycles. The molecular formula is C16H23NO2. The van der Waals surface area contributed by atoms with Crippen LogP contribution in [0.5, 0.6) is 0 Å². The van der Waals surface area contributed by atoms with E-state index in [1.165, 1.54) is 5.56 Å². The Bertz CT molecular complexity index is 431. The van der Waals surface area contributed by atoms with Gasteiger partial charge in [-0.1, -0.05) is 18.2 Å². The smallest absolute Gasteiger partial charge is 0.227 e. The Morgan fingerprint density at radius 3 is 2.95 bits per heavy atom.